The van der Waals surface area contributed by atoms with Gasteiger partial charge in [0.25, 0.3) is 0 Å². The number of carbonyl (C=O) groups excluding carboxylic acids is 2. The Morgan fingerprint density at radius 3 is 2.65 bits per heavy atom. The number of hydrogen-bond acceptors (Lipinski definition) is 3. The van der Waals surface area contributed by atoms with Crippen molar-refractivity contribution in [2.45, 2.75) is 13.0 Å². The van der Waals surface area contributed by atoms with Gasteiger partial charge in [-0.25, -0.2) is 0 Å². The fourth-order valence-corrected chi connectivity index (χ4v) is 1.65. The van der Waals surface area contributed by atoms with Crippen molar-refractivity contribution in [3.63, 3.8) is 0 Å². The second-order valence-electron chi connectivity index (χ2n) is 3.57. The maximum Gasteiger partial charge on any atom is 0.387 e. The number of amides is 1. The Hall–Kier alpha value is -1.98. The molecule has 0 saturated carbocycles. The molecule has 1 aliphatic heterocycles. The molecule has 0 aliphatic carbocycles. The molecule has 1 heterocycles. The van der Waals surface area contributed by atoms with Gasteiger partial charge in [0.15, 0.2) is 5.78 Å². The normalized spacial score (nSPS) is 15.8. The van der Waals surface area contributed by atoms with Gasteiger partial charge in [-0.3, -0.25) is 9.59 Å². The van der Waals surface area contributed by atoms with Crippen LogP contribution < -0.4 is 9.64 Å². The third kappa shape index (κ3) is 2.58. The summed E-state index contributed by atoms with van der Waals surface area (Å²) in [5.41, 5.74) is 0.388. The van der Waals surface area contributed by atoms with Crippen molar-refractivity contribution in [3.05, 3.63) is 24.3 Å². The van der Waals surface area contributed by atoms with E-state index < -0.39 is 6.61 Å². The number of nitrogens with zero attached hydrogens (tertiary/aromatic N) is 1. The monoisotopic (exact) mass is 241 g/mol. The summed E-state index contributed by atoms with van der Waals surface area (Å²) in [6.07, 6.45) is -0.139. The number of ketones is 1. The Bertz CT molecular complexity index is 462. The molecule has 4 nitrogen and oxygen atoms in total. The fraction of sp³-hybridized carbons (Fsp3) is 0.273. The molecule has 0 aromatic heterocycles. The van der Waals surface area contributed by atoms with Crippen LogP contribution in [0, 0.1) is 0 Å². The Morgan fingerprint density at radius 1 is 1.29 bits per heavy atom. The van der Waals surface area contributed by atoms with E-state index in [4.69, 9.17) is 0 Å². The van der Waals surface area contributed by atoms with E-state index >= 15 is 0 Å². The highest BCUT2D eigenvalue weighted by Gasteiger charge is 2.28. The van der Waals surface area contributed by atoms with Crippen molar-refractivity contribution in [1.29, 1.82) is 0 Å². The number of ether oxygens (including phenoxy) is 1. The lowest BCUT2D eigenvalue weighted by Crippen LogP contribution is -2.24. The molecule has 1 amide bonds. The Labute approximate surface area is 95.8 Å². The van der Waals surface area contributed by atoms with E-state index in [-0.39, 0.29) is 30.4 Å². The van der Waals surface area contributed by atoms with Crippen LogP contribution in [0.3, 0.4) is 0 Å². The lowest BCUT2D eigenvalue weighted by molar-refractivity contribution is -0.121. The van der Waals surface area contributed by atoms with Crippen molar-refractivity contribution in [2.24, 2.45) is 0 Å². The lowest BCUT2D eigenvalue weighted by Gasteiger charge is -2.15. The molecule has 0 radical (unpaired) electrons. The first-order valence-electron chi connectivity index (χ1n) is 4.93. The summed E-state index contributed by atoms with van der Waals surface area (Å²) < 4.78 is 28.2. The minimum absolute atomic E-state index is 0.0169. The zero-order valence-electron chi connectivity index (χ0n) is 8.73. The molecule has 0 N–H and O–H groups in total. The first kappa shape index (κ1) is 11.5. The minimum Gasteiger partial charge on any atom is -0.435 e. The molecule has 0 atom stereocenters. The summed E-state index contributed by atoms with van der Waals surface area (Å²) in [4.78, 5) is 23.8. The first-order valence-corrected chi connectivity index (χ1v) is 4.93. The zero-order valence-corrected chi connectivity index (χ0v) is 8.73. The number of carbonyl (C=O) groups is 2. The van der Waals surface area contributed by atoms with E-state index in [1.54, 1.807) is 6.07 Å². The van der Waals surface area contributed by atoms with Crippen LogP contribution in [-0.4, -0.2) is 24.8 Å². The van der Waals surface area contributed by atoms with Crippen LogP contribution in [0.2, 0.25) is 0 Å². The number of hydrogen-bond donors (Lipinski definition) is 0. The molecule has 1 saturated heterocycles. The molecule has 17 heavy (non-hydrogen) atoms. The number of benzene rings is 1. The summed E-state index contributed by atoms with van der Waals surface area (Å²) in [6.45, 7) is -2.93. The Morgan fingerprint density at radius 2 is 2.06 bits per heavy atom. The average Bonchev–Trinajstić information content (AvgIpc) is 2.57. The van der Waals surface area contributed by atoms with E-state index in [2.05, 4.69) is 4.74 Å². The van der Waals surface area contributed by atoms with Crippen molar-refractivity contribution in [2.75, 3.05) is 11.4 Å². The van der Waals surface area contributed by atoms with Gasteiger partial charge in [0.05, 0.1) is 13.0 Å². The molecular formula is C11H9F2NO3. The minimum atomic E-state index is -2.92. The van der Waals surface area contributed by atoms with Crippen molar-refractivity contribution >= 4 is 17.4 Å². The summed E-state index contributed by atoms with van der Waals surface area (Å²) in [5.74, 6) is -0.552. The summed E-state index contributed by atoms with van der Waals surface area (Å²) >= 11 is 0. The quantitative estimate of drug-likeness (QED) is 0.755. The molecule has 0 bridgehead atoms. The van der Waals surface area contributed by atoms with Gasteiger partial charge in [-0.1, -0.05) is 6.07 Å². The van der Waals surface area contributed by atoms with E-state index in [9.17, 15) is 18.4 Å². The lowest BCUT2D eigenvalue weighted by atomic mass is 10.3. The third-order valence-electron chi connectivity index (χ3n) is 2.34. The molecule has 1 aliphatic rings. The van der Waals surface area contributed by atoms with E-state index in [1.165, 1.54) is 23.1 Å². The average molecular weight is 241 g/mol. The van der Waals surface area contributed by atoms with Crippen molar-refractivity contribution < 1.29 is 23.1 Å². The van der Waals surface area contributed by atoms with Gasteiger partial charge < -0.3 is 9.64 Å². The zero-order chi connectivity index (χ0) is 12.4. The maximum atomic E-state index is 12.0. The molecule has 6 heteroatoms. The standard InChI is InChI=1S/C11H9F2NO3/c12-11(13)17-9-3-1-2-7(4-9)14-6-8(15)5-10(14)16/h1-4,11H,5-6H2. The number of alkyl halides is 2. The van der Waals surface area contributed by atoms with Gasteiger partial charge in [-0.2, -0.15) is 8.78 Å². The van der Waals surface area contributed by atoms with E-state index in [0.717, 1.165) is 0 Å². The maximum absolute atomic E-state index is 12.0. The van der Waals surface area contributed by atoms with Crippen LogP contribution in [0.25, 0.3) is 0 Å². The molecule has 0 spiro atoms. The van der Waals surface area contributed by atoms with Gasteiger partial charge in [0.1, 0.15) is 5.75 Å². The van der Waals surface area contributed by atoms with Crippen LogP contribution in [0.1, 0.15) is 6.42 Å². The Kier molecular flexibility index (Phi) is 3.03. The van der Waals surface area contributed by atoms with Gasteiger partial charge >= 0.3 is 6.61 Å². The molecule has 90 valence electrons. The molecule has 2 rings (SSSR count). The largest absolute Gasteiger partial charge is 0.435 e. The highest BCUT2D eigenvalue weighted by molar-refractivity contribution is 6.15. The number of halogens is 2. The highest BCUT2D eigenvalue weighted by Crippen LogP contribution is 2.25. The van der Waals surface area contributed by atoms with Crippen LogP contribution in [0.4, 0.5) is 14.5 Å². The Balaban J connectivity index is 2.21. The fourth-order valence-electron chi connectivity index (χ4n) is 1.65. The van der Waals surface area contributed by atoms with Crippen LogP contribution in [0.5, 0.6) is 5.75 Å². The molecule has 0 unspecified atom stereocenters. The second kappa shape index (κ2) is 4.48. The first-order chi connectivity index (χ1) is 8.06. The number of anilines is 1. The molecule has 1 aromatic rings. The van der Waals surface area contributed by atoms with Gasteiger partial charge in [-0.05, 0) is 12.1 Å². The van der Waals surface area contributed by atoms with Crippen molar-refractivity contribution in [3.8, 4) is 5.75 Å². The second-order valence-corrected chi connectivity index (χ2v) is 3.57. The topological polar surface area (TPSA) is 46.6 Å². The predicted octanol–water partition coefficient (Wildman–Crippen LogP) is 1.59. The van der Waals surface area contributed by atoms with Crippen LogP contribution >= 0.6 is 0 Å². The summed E-state index contributed by atoms with van der Waals surface area (Å²) in [5, 5.41) is 0. The number of rotatable bonds is 3. The highest BCUT2D eigenvalue weighted by atomic mass is 19.3. The smallest absolute Gasteiger partial charge is 0.387 e. The van der Waals surface area contributed by atoms with Crippen LogP contribution in [-0.2, 0) is 9.59 Å². The van der Waals surface area contributed by atoms with Crippen molar-refractivity contribution in [1.82, 2.24) is 0 Å². The third-order valence-corrected chi connectivity index (χ3v) is 2.34. The van der Waals surface area contributed by atoms with Gasteiger partial charge in [-0.15, -0.1) is 0 Å². The molecule has 1 fully saturated rings. The van der Waals surface area contributed by atoms with E-state index in [0.29, 0.717) is 5.69 Å². The van der Waals surface area contributed by atoms with Crippen LogP contribution in [0.15, 0.2) is 24.3 Å². The van der Waals surface area contributed by atoms with Gasteiger partial charge in [0.2, 0.25) is 5.91 Å². The van der Waals surface area contributed by atoms with E-state index in [1.807, 2.05) is 0 Å². The summed E-state index contributed by atoms with van der Waals surface area (Å²) in [7, 11) is 0. The van der Waals surface area contributed by atoms with Gasteiger partial charge in [0, 0.05) is 11.8 Å². The summed E-state index contributed by atoms with van der Waals surface area (Å²) in [6, 6.07) is 5.72. The SMILES string of the molecule is O=C1CC(=O)N(c2cccc(OC(F)F)c2)C1. The molecular weight excluding hydrogens is 232 g/mol. The number of Topliss-reactive ketones (excluding diaryl/α,β-unsaturated/α-hetero) is 1. The molecule has 1 aromatic carbocycles. The predicted molar refractivity (Wildman–Crippen MR) is 55.1 cm³/mol.